The summed E-state index contributed by atoms with van der Waals surface area (Å²) in [5.74, 6) is -5.08. The highest BCUT2D eigenvalue weighted by Crippen LogP contribution is 2.18. The molecule has 2 aromatic rings. The lowest BCUT2D eigenvalue weighted by molar-refractivity contribution is -0.143. The number of aliphatic hydroxyl groups excluding tert-OH is 1. The standard InChI is InChI=1S/C25H36N6O8/c26-10-4-3-7-18(23(36)30-19(25(38)39)8-9-21(33)34)29-24(37)20(13-32)31-22(35)16(27)11-14-12-28-17-6-2-1-5-15(14)17/h1-2,5-6,12,16,18-20,28,32H,3-4,7-11,13,26-27H2,(H,29,37)(H,30,36)(H,31,35)(H,33,34)(H,38,39). The van der Waals surface area contributed by atoms with E-state index in [0.29, 0.717) is 19.4 Å². The fourth-order valence-corrected chi connectivity index (χ4v) is 3.93. The Morgan fingerprint density at radius 2 is 1.51 bits per heavy atom. The minimum absolute atomic E-state index is 0.0895. The van der Waals surface area contributed by atoms with Crippen LogP contribution >= 0.6 is 0 Å². The predicted octanol–water partition coefficient (Wildman–Crippen LogP) is -1.44. The van der Waals surface area contributed by atoms with Crippen LogP contribution in [0.5, 0.6) is 0 Å². The zero-order valence-electron chi connectivity index (χ0n) is 21.4. The number of benzene rings is 1. The van der Waals surface area contributed by atoms with E-state index in [4.69, 9.17) is 16.6 Å². The van der Waals surface area contributed by atoms with Gasteiger partial charge in [0, 0.05) is 23.5 Å². The predicted molar refractivity (Wildman–Crippen MR) is 140 cm³/mol. The van der Waals surface area contributed by atoms with Crippen LogP contribution in [0.4, 0.5) is 0 Å². The Bertz CT molecular complexity index is 1150. The molecule has 1 aromatic carbocycles. The molecular weight excluding hydrogens is 512 g/mol. The summed E-state index contributed by atoms with van der Waals surface area (Å²) in [4.78, 5) is 63.8. The van der Waals surface area contributed by atoms with Gasteiger partial charge in [0.2, 0.25) is 17.7 Å². The first-order valence-corrected chi connectivity index (χ1v) is 12.5. The molecule has 3 amide bonds. The Kier molecular flexibility index (Phi) is 12.3. The number of nitrogens with two attached hydrogens (primary N) is 2. The number of fused-ring (bicyclic) bond motifs is 1. The molecule has 0 spiro atoms. The fourth-order valence-electron chi connectivity index (χ4n) is 3.93. The Morgan fingerprint density at radius 1 is 0.872 bits per heavy atom. The van der Waals surface area contributed by atoms with Gasteiger partial charge in [0.15, 0.2) is 0 Å². The number of para-hydroxylation sites is 1. The van der Waals surface area contributed by atoms with Gasteiger partial charge in [0.25, 0.3) is 0 Å². The number of aromatic nitrogens is 1. The van der Waals surface area contributed by atoms with Crippen molar-refractivity contribution in [1.29, 1.82) is 0 Å². The van der Waals surface area contributed by atoms with Crippen molar-refractivity contribution < 1.29 is 39.3 Å². The molecule has 0 aliphatic carbocycles. The van der Waals surface area contributed by atoms with E-state index >= 15 is 0 Å². The quantitative estimate of drug-likeness (QED) is 0.104. The van der Waals surface area contributed by atoms with Gasteiger partial charge in [0.1, 0.15) is 18.1 Å². The second-order valence-electron chi connectivity index (χ2n) is 9.09. The molecule has 0 fully saturated rings. The Hall–Kier alpha value is -4.01. The van der Waals surface area contributed by atoms with Crippen molar-refractivity contribution in [3.05, 3.63) is 36.0 Å². The number of H-pyrrole nitrogens is 1. The third kappa shape index (κ3) is 9.67. The van der Waals surface area contributed by atoms with Crippen molar-refractivity contribution in [1.82, 2.24) is 20.9 Å². The number of nitrogens with one attached hydrogen (secondary N) is 4. The topological polar surface area (TPSA) is 250 Å². The summed E-state index contributed by atoms with van der Waals surface area (Å²) in [6, 6.07) is 2.28. The van der Waals surface area contributed by atoms with Crippen LogP contribution in [0.15, 0.2) is 30.5 Å². The SMILES string of the molecule is NCCCCC(NC(=O)C(CO)NC(=O)C(N)Cc1c[nH]c2ccccc12)C(=O)NC(CCC(=O)O)C(=O)O. The van der Waals surface area contributed by atoms with Gasteiger partial charge < -0.3 is 47.7 Å². The van der Waals surface area contributed by atoms with E-state index < -0.39 is 66.9 Å². The minimum Gasteiger partial charge on any atom is -0.481 e. The molecule has 0 saturated carbocycles. The molecule has 11 N–H and O–H groups in total. The van der Waals surface area contributed by atoms with Gasteiger partial charge in [-0.15, -0.1) is 0 Å². The molecule has 0 aliphatic rings. The van der Waals surface area contributed by atoms with E-state index in [2.05, 4.69) is 20.9 Å². The first-order chi connectivity index (χ1) is 18.6. The van der Waals surface area contributed by atoms with Crippen LogP contribution in [0.1, 0.15) is 37.7 Å². The molecule has 4 unspecified atom stereocenters. The van der Waals surface area contributed by atoms with Crippen molar-refractivity contribution in [2.75, 3.05) is 13.2 Å². The van der Waals surface area contributed by atoms with E-state index in [1.165, 1.54) is 0 Å². The van der Waals surface area contributed by atoms with Gasteiger partial charge in [0.05, 0.1) is 12.6 Å². The second kappa shape index (κ2) is 15.4. The van der Waals surface area contributed by atoms with Gasteiger partial charge in [-0.25, -0.2) is 4.79 Å². The Morgan fingerprint density at radius 3 is 2.15 bits per heavy atom. The summed E-state index contributed by atoms with van der Waals surface area (Å²) < 4.78 is 0. The largest absolute Gasteiger partial charge is 0.481 e. The maximum Gasteiger partial charge on any atom is 0.326 e. The third-order valence-corrected chi connectivity index (χ3v) is 6.11. The monoisotopic (exact) mass is 548 g/mol. The molecule has 0 saturated heterocycles. The summed E-state index contributed by atoms with van der Waals surface area (Å²) in [5, 5.41) is 35.9. The molecule has 14 nitrogen and oxygen atoms in total. The van der Waals surface area contributed by atoms with Gasteiger partial charge >= 0.3 is 11.9 Å². The summed E-state index contributed by atoms with van der Waals surface area (Å²) in [6.45, 7) is -0.465. The van der Waals surface area contributed by atoms with Crippen LogP contribution in [0.3, 0.4) is 0 Å². The lowest BCUT2D eigenvalue weighted by Gasteiger charge is -2.24. The number of unbranched alkanes of at least 4 members (excludes halogenated alkanes) is 1. The zero-order chi connectivity index (χ0) is 28.9. The van der Waals surface area contributed by atoms with E-state index in [-0.39, 0.29) is 19.3 Å². The zero-order valence-corrected chi connectivity index (χ0v) is 21.4. The number of hydrogen-bond donors (Lipinski definition) is 9. The molecule has 2 rings (SSSR count). The molecule has 0 radical (unpaired) electrons. The molecule has 1 heterocycles. The number of aliphatic hydroxyl groups is 1. The fraction of sp³-hybridized carbons (Fsp3) is 0.480. The number of carbonyl (C=O) groups is 5. The van der Waals surface area contributed by atoms with Crippen LogP contribution in [-0.4, -0.2) is 87.3 Å². The highest BCUT2D eigenvalue weighted by Gasteiger charge is 2.30. The number of carboxylic acids is 2. The molecule has 0 bridgehead atoms. The summed E-state index contributed by atoms with van der Waals surface area (Å²) in [7, 11) is 0. The van der Waals surface area contributed by atoms with Crippen molar-refractivity contribution in [2.24, 2.45) is 11.5 Å². The molecule has 39 heavy (non-hydrogen) atoms. The van der Waals surface area contributed by atoms with Crippen molar-refractivity contribution in [2.45, 2.75) is 62.7 Å². The van der Waals surface area contributed by atoms with Gasteiger partial charge in [-0.1, -0.05) is 18.2 Å². The number of aliphatic carboxylic acids is 2. The first kappa shape index (κ1) is 31.2. The normalized spacial score (nSPS) is 14.1. The van der Waals surface area contributed by atoms with Crippen LogP contribution in [0.2, 0.25) is 0 Å². The molecule has 4 atom stereocenters. The molecule has 14 heteroatoms. The lowest BCUT2D eigenvalue weighted by atomic mass is 10.0. The van der Waals surface area contributed by atoms with Crippen LogP contribution in [0, 0.1) is 0 Å². The Balaban J connectivity index is 2.04. The summed E-state index contributed by atoms with van der Waals surface area (Å²) >= 11 is 0. The van der Waals surface area contributed by atoms with Crippen LogP contribution < -0.4 is 27.4 Å². The number of amides is 3. The van der Waals surface area contributed by atoms with Crippen LogP contribution in [-0.2, 0) is 30.4 Å². The summed E-state index contributed by atoms with van der Waals surface area (Å²) in [5.41, 5.74) is 13.2. The number of carboxylic acid groups (broad SMARTS) is 2. The number of aromatic amines is 1. The third-order valence-electron chi connectivity index (χ3n) is 6.11. The van der Waals surface area contributed by atoms with Crippen molar-refractivity contribution >= 4 is 40.6 Å². The van der Waals surface area contributed by atoms with Gasteiger partial charge in [-0.2, -0.15) is 0 Å². The van der Waals surface area contributed by atoms with Crippen LogP contribution in [0.25, 0.3) is 10.9 Å². The smallest absolute Gasteiger partial charge is 0.326 e. The van der Waals surface area contributed by atoms with Crippen molar-refractivity contribution in [3.8, 4) is 0 Å². The van der Waals surface area contributed by atoms with Crippen molar-refractivity contribution in [3.63, 3.8) is 0 Å². The van der Waals surface area contributed by atoms with E-state index in [9.17, 15) is 34.2 Å². The van der Waals surface area contributed by atoms with E-state index in [0.717, 1.165) is 16.5 Å². The highest BCUT2D eigenvalue weighted by atomic mass is 16.4. The lowest BCUT2D eigenvalue weighted by Crippen LogP contribution is -2.58. The van der Waals surface area contributed by atoms with E-state index in [1.54, 1.807) is 6.20 Å². The first-order valence-electron chi connectivity index (χ1n) is 12.5. The molecule has 0 aliphatic heterocycles. The summed E-state index contributed by atoms with van der Waals surface area (Å²) in [6.07, 6.45) is 2.07. The number of hydrogen-bond acceptors (Lipinski definition) is 8. The van der Waals surface area contributed by atoms with Gasteiger partial charge in [-0.05, 0) is 50.3 Å². The van der Waals surface area contributed by atoms with E-state index in [1.807, 2.05) is 24.3 Å². The number of rotatable bonds is 17. The Labute approximate surface area is 224 Å². The second-order valence-corrected chi connectivity index (χ2v) is 9.09. The molecular formula is C25H36N6O8. The molecule has 214 valence electrons. The minimum atomic E-state index is -1.49. The van der Waals surface area contributed by atoms with Gasteiger partial charge in [-0.3, -0.25) is 19.2 Å². The average molecular weight is 549 g/mol. The average Bonchev–Trinajstić information content (AvgIpc) is 3.31. The molecule has 1 aromatic heterocycles. The highest BCUT2D eigenvalue weighted by molar-refractivity contribution is 5.94. The number of carbonyl (C=O) groups excluding carboxylic acids is 3. The maximum absolute atomic E-state index is 12.9. The maximum atomic E-state index is 12.9.